The largest absolute Gasteiger partial charge is 0.309 e. The van der Waals surface area contributed by atoms with Gasteiger partial charge in [0.05, 0.1) is 66.6 Å². The molecule has 14 rings (SSSR count). The number of nitriles is 2. The molecule has 10 aromatic carbocycles. The van der Waals surface area contributed by atoms with Gasteiger partial charge in [0, 0.05) is 60.0 Å². The molecule has 0 aliphatic heterocycles. The fraction of sp³-hybridized carbons (Fsp3) is 0. The number of nitrogens with zero attached hydrogens (tertiary/aromatic N) is 6. The number of benzene rings is 10. The van der Waals surface area contributed by atoms with Crippen molar-refractivity contribution in [2.75, 3.05) is 0 Å². The van der Waals surface area contributed by atoms with Crippen LogP contribution in [-0.4, -0.2) is 18.3 Å². The quantitative estimate of drug-likeness (QED) is 0.173. The molecule has 0 N–H and O–H groups in total. The van der Waals surface area contributed by atoms with E-state index >= 15 is 0 Å². The minimum absolute atomic E-state index is 0.405. The average Bonchev–Trinajstić information content (AvgIpc) is 4.13. The summed E-state index contributed by atoms with van der Waals surface area (Å²) in [7, 11) is 0. The lowest BCUT2D eigenvalue weighted by atomic mass is 9.93. The molecule has 6 nitrogen and oxygen atoms in total. The van der Waals surface area contributed by atoms with Gasteiger partial charge in [-0.1, -0.05) is 152 Å². The molecule has 0 radical (unpaired) electrons. The highest BCUT2D eigenvalue weighted by Crippen LogP contribution is 2.49. The summed E-state index contributed by atoms with van der Waals surface area (Å²) in [5.74, 6) is 0. The molecule has 4 aromatic heterocycles. The van der Waals surface area contributed by atoms with E-state index in [4.69, 9.17) is 0 Å². The van der Waals surface area contributed by atoms with Crippen molar-refractivity contribution in [1.82, 2.24) is 18.3 Å². The number of hydrogen-bond donors (Lipinski definition) is 0. The summed E-state index contributed by atoms with van der Waals surface area (Å²) < 4.78 is 9.33. The zero-order chi connectivity index (χ0) is 45.0. The van der Waals surface area contributed by atoms with Crippen LogP contribution in [0.5, 0.6) is 0 Å². The molecule has 0 saturated heterocycles. The molecule has 0 atom stereocenters. The van der Waals surface area contributed by atoms with Crippen molar-refractivity contribution in [3.63, 3.8) is 0 Å². The van der Waals surface area contributed by atoms with Gasteiger partial charge in [-0.15, -0.1) is 0 Å². The smallest absolute Gasteiger partial charge is 0.101 e. The SMILES string of the molecule is N#Cc1cc(C#N)c(-n2c3ccccc3c3ccc4c(c5ccccc5n4-c4ccccc4)c32)c(-c2ccccc2)c1-n1c2ccccc2c2ccc3c(c4ccccc4n3-c3ccccc3)c21. The predicted octanol–water partition coefficient (Wildman–Crippen LogP) is 15.5. The first kappa shape index (κ1) is 37.7. The summed E-state index contributed by atoms with van der Waals surface area (Å²) in [6.45, 7) is 0. The second-order valence-electron chi connectivity index (χ2n) is 17.4. The summed E-state index contributed by atoms with van der Waals surface area (Å²) in [4.78, 5) is 0. The summed E-state index contributed by atoms with van der Waals surface area (Å²) in [6, 6.07) is 81.7. The van der Waals surface area contributed by atoms with Crippen LogP contribution in [0.15, 0.2) is 218 Å². The third-order valence-corrected chi connectivity index (χ3v) is 14.0. The monoisotopic (exact) mass is 864 g/mol. The van der Waals surface area contributed by atoms with E-state index in [0.29, 0.717) is 22.5 Å². The molecule has 0 saturated carbocycles. The molecule has 0 unspecified atom stereocenters. The Kier molecular flexibility index (Phi) is 8.01. The van der Waals surface area contributed by atoms with E-state index in [2.05, 4.69) is 212 Å². The lowest BCUT2D eigenvalue weighted by molar-refractivity contribution is 1.12. The van der Waals surface area contributed by atoms with Crippen molar-refractivity contribution in [3.05, 3.63) is 230 Å². The molecule has 0 fully saturated rings. The van der Waals surface area contributed by atoms with Crippen LogP contribution in [0.1, 0.15) is 11.1 Å². The zero-order valence-electron chi connectivity index (χ0n) is 36.5. The number of aromatic nitrogens is 4. The third-order valence-electron chi connectivity index (χ3n) is 14.0. The van der Waals surface area contributed by atoms with Crippen LogP contribution in [0, 0.1) is 22.7 Å². The fourth-order valence-corrected chi connectivity index (χ4v) is 11.4. The van der Waals surface area contributed by atoms with Crippen LogP contribution >= 0.6 is 0 Å². The van der Waals surface area contributed by atoms with Gasteiger partial charge in [-0.05, 0) is 72.3 Å². The first-order chi connectivity index (χ1) is 33.7. The van der Waals surface area contributed by atoms with E-state index < -0.39 is 0 Å². The third kappa shape index (κ3) is 5.09. The van der Waals surface area contributed by atoms with E-state index in [1.165, 1.54) is 0 Å². The molecule has 0 amide bonds. The second-order valence-corrected chi connectivity index (χ2v) is 17.4. The number of fused-ring (bicyclic) bond motifs is 14. The van der Waals surface area contributed by atoms with Gasteiger partial charge in [0.2, 0.25) is 0 Å². The first-order valence-corrected chi connectivity index (χ1v) is 22.8. The normalized spacial score (nSPS) is 11.8. The number of hydrogen-bond acceptors (Lipinski definition) is 2. The summed E-state index contributed by atoms with van der Waals surface area (Å²) in [6.07, 6.45) is 0. The highest BCUT2D eigenvalue weighted by Gasteiger charge is 2.30. The topological polar surface area (TPSA) is 67.3 Å². The molecule has 68 heavy (non-hydrogen) atoms. The van der Waals surface area contributed by atoms with Crippen molar-refractivity contribution in [3.8, 4) is 46.0 Å². The summed E-state index contributed by atoms with van der Waals surface area (Å²) >= 11 is 0. The van der Waals surface area contributed by atoms with E-state index in [9.17, 15) is 10.5 Å². The van der Waals surface area contributed by atoms with Crippen LogP contribution in [0.3, 0.4) is 0 Å². The highest BCUT2D eigenvalue weighted by molar-refractivity contribution is 6.28. The Morgan fingerprint density at radius 3 is 1.06 bits per heavy atom. The van der Waals surface area contributed by atoms with E-state index in [1.54, 1.807) is 0 Å². The van der Waals surface area contributed by atoms with Gasteiger partial charge < -0.3 is 18.3 Å². The molecule has 6 heteroatoms. The maximum atomic E-state index is 11.5. The van der Waals surface area contributed by atoms with E-state index in [-0.39, 0.29) is 0 Å². The van der Waals surface area contributed by atoms with Gasteiger partial charge in [-0.2, -0.15) is 10.5 Å². The van der Waals surface area contributed by atoms with Gasteiger partial charge >= 0.3 is 0 Å². The molecular weight excluding hydrogens is 829 g/mol. The molecule has 0 bridgehead atoms. The van der Waals surface area contributed by atoms with Crippen molar-refractivity contribution in [2.24, 2.45) is 0 Å². The van der Waals surface area contributed by atoms with Crippen molar-refractivity contribution < 1.29 is 0 Å². The van der Waals surface area contributed by atoms with Crippen LogP contribution < -0.4 is 0 Å². The van der Waals surface area contributed by atoms with Crippen LogP contribution in [0.25, 0.3) is 121 Å². The minimum atomic E-state index is 0.405. The Morgan fingerprint density at radius 2 is 0.647 bits per heavy atom. The van der Waals surface area contributed by atoms with Crippen LogP contribution in [0.2, 0.25) is 0 Å². The van der Waals surface area contributed by atoms with Gasteiger partial charge in [0.15, 0.2) is 0 Å². The minimum Gasteiger partial charge on any atom is -0.309 e. The van der Waals surface area contributed by atoms with Gasteiger partial charge in [0.1, 0.15) is 12.1 Å². The van der Waals surface area contributed by atoms with Crippen molar-refractivity contribution in [2.45, 2.75) is 0 Å². The predicted molar refractivity (Wildman–Crippen MR) is 279 cm³/mol. The lowest BCUT2D eigenvalue weighted by Gasteiger charge is -2.23. The average molecular weight is 865 g/mol. The van der Waals surface area contributed by atoms with Gasteiger partial charge in [-0.25, -0.2) is 0 Å². The maximum Gasteiger partial charge on any atom is 0.101 e. The first-order valence-electron chi connectivity index (χ1n) is 22.8. The van der Waals surface area contributed by atoms with Crippen molar-refractivity contribution in [1.29, 1.82) is 10.5 Å². The lowest BCUT2D eigenvalue weighted by Crippen LogP contribution is -2.09. The highest BCUT2D eigenvalue weighted by atomic mass is 15.1. The molecule has 0 spiro atoms. The molecular formula is C62H36N6. The second kappa shape index (κ2) is 14.4. The Morgan fingerprint density at radius 1 is 0.294 bits per heavy atom. The molecule has 14 aromatic rings. The van der Waals surface area contributed by atoms with Crippen LogP contribution in [-0.2, 0) is 0 Å². The number of para-hydroxylation sites is 6. The molecule has 4 heterocycles. The van der Waals surface area contributed by atoms with E-state index in [0.717, 1.165) is 110 Å². The van der Waals surface area contributed by atoms with Gasteiger partial charge in [-0.3, -0.25) is 0 Å². The van der Waals surface area contributed by atoms with Crippen molar-refractivity contribution >= 4 is 87.2 Å². The zero-order valence-corrected chi connectivity index (χ0v) is 36.5. The Hall–Kier alpha value is -9.62. The Balaban J connectivity index is 1.23. The molecule has 0 aliphatic rings. The standard InChI is InChI=1S/C62H36N6/c63-37-40-36-41(38-64)60(68-51-29-15-11-25-45(51)47-33-35-55-58(62(47)68)49-27-13-17-31-53(49)66(55)43-22-8-3-9-23-43)56(39-18-4-1-5-19-39)59(40)67-50-28-14-10-24-44(50)46-32-34-54-57(61(46)67)48-26-12-16-30-52(48)65(54)42-20-6-2-7-21-42/h1-36H. The molecule has 0 aliphatic carbocycles. The summed E-state index contributed by atoms with van der Waals surface area (Å²) in [5, 5.41) is 31.7. The number of rotatable bonds is 5. The Bertz CT molecular complexity index is 4230. The van der Waals surface area contributed by atoms with Crippen LogP contribution in [0.4, 0.5) is 0 Å². The summed E-state index contributed by atoms with van der Waals surface area (Å²) in [5.41, 5.74) is 14.3. The van der Waals surface area contributed by atoms with Gasteiger partial charge in [0.25, 0.3) is 0 Å². The maximum absolute atomic E-state index is 11.5. The Labute approximate surface area is 389 Å². The van der Waals surface area contributed by atoms with E-state index in [1.807, 2.05) is 36.4 Å². The molecule has 314 valence electrons. The fourth-order valence-electron chi connectivity index (χ4n) is 11.4.